The Bertz CT molecular complexity index is 640. The summed E-state index contributed by atoms with van der Waals surface area (Å²) in [6.07, 6.45) is 0. The van der Waals surface area contributed by atoms with Crippen LogP contribution in [-0.2, 0) is 0 Å². The molecule has 0 heterocycles. The van der Waals surface area contributed by atoms with Crippen molar-refractivity contribution in [2.24, 2.45) is 0 Å². The summed E-state index contributed by atoms with van der Waals surface area (Å²) in [6, 6.07) is 12.6. The molecule has 0 aliphatic rings. The summed E-state index contributed by atoms with van der Waals surface area (Å²) in [6.45, 7) is 4.39. The monoisotopic (exact) mass is 288 g/mol. The van der Waals surface area contributed by atoms with Crippen LogP contribution >= 0.6 is 11.6 Å². The van der Waals surface area contributed by atoms with Gasteiger partial charge in [0.1, 0.15) is 0 Å². The van der Waals surface area contributed by atoms with E-state index in [4.69, 9.17) is 17.3 Å². The summed E-state index contributed by atoms with van der Waals surface area (Å²) in [5.74, 6) is -0.0712. The minimum absolute atomic E-state index is 0.0712. The maximum Gasteiger partial charge on any atom is 0.258 e. The van der Waals surface area contributed by atoms with E-state index in [1.165, 1.54) is 0 Å². The minimum atomic E-state index is -0.0712. The second-order valence-electron chi connectivity index (χ2n) is 4.60. The highest BCUT2D eigenvalue weighted by atomic mass is 35.5. The van der Waals surface area contributed by atoms with Crippen LogP contribution in [0, 0.1) is 6.92 Å². The van der Waals surface area contributed by atoms with E-state index < -0.39 is 0 Å². The van der Waals surface area contributed by atoms with Gasteiger partial charge >= 0.3 is 0 Å². The van der Waals surface area contributed by atoms with Gasteiger partial charge in [-0.2, -0.15) is 0 Å². The summed E-state index contributed by atoms with van der Waals surface area (Å²) >= 11 is 5.99. The number of hydrogen-bond acceptors (Lipinski definition) is 2. The first kappa shape index (κ1) is 14.4. The average molecular weight is 289 g/mol. The van der Waals surface area contributed by atoms with Gasteiger partial charge in [0, 0.05) is 28.5 Å². The highest BCUT2D eigenvalue weighted by molar-refractivity contribution is 6.31. The van der Waals surface area contributed by atoms with E-state index in [2.05, 4.69) is 0 Å². The molecule has 0 bridgehead atoms. The van der Waals surface area contributed by atoms with Gasteiger partial charge < -0.3 is 10.6 Å². The number of rotatable bonds is 3. The van der Waals surface area contributed by atoms with Gasteiger partial charge in [0.05, 0.1) is 0 Å². The molecule has 4 heteroatoms. The zero-order valence-electron chi connectivity index (χ0n) is 11.6. The van der Waals surface area contributed by atoms with Gasteiger partial charge in [-0.05, 0) is 49.7 Å². The lowest BCUT2D eigenvalue weighted by atomic mass is 10.1. The van der Waals surface area contributed by atoms with Crippen molar-refractivity contribution in [1.29, 1.82) is 0 Å². The number of carbonyl (C=O) groups excluding carboxylic acids is 1. The van der Waals surface area contributed by atoms with Gasteiger partial charge in [0.25, 0.3) is 5.91 Å². The Morgan fingerprint density at radius 2 is 2.00 bits per heavy atom. The third kappa shape index (κ3) is 2.94. The molecule has 2 aromatic carbocycles. The fourth-order valence-corrected chi connectivity index (χ4v) is 2.28. The second kappa shape index (κ2) is 5.97. The Balaban J connectivity index is 2.41. The summed E-state index contributed by atoms with van der Waals surface area (Å²) < 4.78 is 0. The first-order chi connectivity index (χ1) is 9.52. The molecular weight excluding hydrogens is 272 g/mol. The van der Waals surface area contributed by atoms with Gasteiger partial charge in [-0.25, -0.2) is 0 Å². The van der Waals surface area contributed by atoms with Gasteiger partial charge in [-0.3, -0.25) is 4.79 Å². The van der Waals surface area contributed by atoms with Crippen LogP contribution in [-0.4, -0.2) is 12.5 Å². The molecule has 2 N–H and O–H groups in total. The van der Waals surface area contributed by atoms with E-state index in [-0.39, 0.29) is 5.91 Å². The molecule has 0 radical (unpaired) electrons. The third-order valence-corrected chi connectivity index (χ3v) is 3.41. The van der Waals surface area contributed by atoms with Gasteiger partial charge in [-0.1, -0.05) is 23.7 Å². The lowest BCUT2D eigenvalue weighted by Gasteiger charge is -2.22. The maximum absolute atomic E-state index is 12.7. The number of aryl methyl sites for hydroxylation is 1. The molecule has 0 aromatic heterocycles. The number of nitrogen functional groups attached to an aromatic ring is 1. The van der Waals surface area contributed by atoms with E-state index in [1.807, 2.05) is 32.0 Å². The van der Waals surface area contributed by atoms with Crippen molar-refractivity contribution >= 4 is 28.9 Å². The number of halogens is 1. The zero-order valence-corrected chi connectivity index (χ0v) is 12.3. The molecule has 0 aliphatic heterocycles. The van der Waals surface area contributed by atoms with Crippen LogP contribution in [0.3, 0.4) is 0 Å². The van der Waals surface area contributed by atoms with Crippen LogP contribution in [0.2, 0.25) is 5.02 Å². The van der Waals surface area contributed by atoms with Crippen LogP contribution < -0.4 is 10.6 Å². The molecule has 2 rings (SSSR count). The predicted molar refractivity (Wildman–Crippen MR) is 84.4 cm³/mol. The van der Waals surface area contributed by atoms with Crippen LogP contribution in [0.25, 0.3) is 0 Å². The summed E-state index contributed by atoms with van der Waals surface area (Å²) in [4.78, 5) is 14.4. The van der Waals surface area contributed by atoms with Crippen molar-refractivity contribution in [2.75, 3.05) is 17.2 Å². The Morgan fingerprint density at radius 1 is 1.25 bits per heavy atom. The van der Waals surface area contributed by atoms with E-state index in [0.29, 0.717) is 22.8 Å². The van der Waals surface area contributed by atoms with E-state index >= 15 is 0 Å². The van der Waals surface area contributed by atoms with E-state index in [0.717, 1.165) is 11.3 Å². The summed E-state index contributed by atoms with van der Waals surface area (Å²) in [7, 11) is 0. The number of nitrogens with two attached hydrogens (primary N) is 1. The first-order valence-electron chi connectivity index (χ1n) is 6.46. The Hall–Kier alpha value is -2.00. The van der Waals surface area contributed by atoms with E-state index in [9.17, 15) is 4.79 Å². The van der Waals surface area contributed by atoms with Crippen LogP contribution in [0.1, 0.15) is 22.8 Å². The zero-order chi connectivity index (χ0) is 14.7. The molecule has 0 fully saturated rings. The molecular formula is C16H17ClN2O. The second-order valence-corrected chi connectivity index (χ2v) is 5.04. The lowest BCUT2D eigenvalue weighted by molar-refractivity contribution is 0.0988. The van der Waals surface area contributed by atoms with Crippen molar-refractivity contribution in [2.45, 2.75) is 13.8 Å². The molecule has 0 saturated heterocycles. The SMILES string of the molecule is CCN(C(=O)c1cc(Cl)ccc1C)c1cccc(N)c1. The van der Waals surface area contributed by atoms with Crippen molar-refractivity contribution in [1.82, 2.24) is 0 Å². The lowest BCUT2D eigenvalue weighted by Crippen LogP contribution is -2.31. The highest BCUT2D eigenvalue weighted by Crippen LogP contribution is 2.22. The topological polar surface area (TPSA) is 46.3 Å². The summed E-state index contributed by atoms with van der Waals surface area (Å²) in [5, 5.41) is 0.558. The standard InChI is InChI=1S/C16H17ClN2O/c1-3-19(14-6-4-5-13(18)10-14)16(20)15-9-12(17)8-7-11(15)2/h4-10H,3,18H2,1-2H3. The van der Waals surface area contributed by atoms with E-state index in [1.54, 1.807) is 29.2 Å². The molecule has 1 amide bonds. The van der Waals surface area contributed by atoms with Gasteiger partial charge in [0.15, 0.2) is 0 Å². The van der Waals surface area contributed by atoms with Gasteiger partial charge in [-0.15, -0.1) is 0 Å². The molecule has 0 spiro atoms. The molecule has 20 heavy (non-hydrogen) atoms. The number of nitrogens with zero attached hydrogens (tertiary/aromatic N) is 1. The molecule has 0 aliphatic carbocycles. The first-order valence-corrected chi connectivity index (χ1v) is 6.84. The molecule has 0 saturated carbocycles. The number of carbonyl (C=O) groups is 1. The fraction of sp³-hybridized carbons (Fsp3) is 0.188. The molecule has 0 unspecified atom stereocenters. The highest BCUT2D eigenvalue weighted by Gasteiger charge is 2.18. The fourth-order valence-electron chi connectivity index (χ4n) is 2.11. The summed E-state index contributed by atoms with van der Waals surface area (Å²) in [5.41, 5.74) is 8.73. The third-order valence-electron chi connectivity index (χ3n) is 3.17. The van der Waals surface area contributed by atoms with Crippen molar-refractivity contribution in [3.8, 4) is 0 Å². The molecule has 104 valence electrons. The number of amides is 1. The Kier molecular flexibility index (Phi) is 4.30. The minimum Gasteiger partial charge on any atom is -0.399 e. The Morgan fingerprint density at radius 3 is 2.65 bits per heavy atom. The number of hydrogen-bond donors (Lipinski definition) is 1. The van der Waals surface area contributed by atoms with Gasteiger partial charge in [0.2, 0.25) is 0 Å². The van der Waals surface area contributed by atoms with Crippen LogP contribution in [0.15, 0.2) is 42.5 Å². The molecule has 2 aromatic rings. The average Bonchev–Trinajstić information content (AvgIpc) is 2.42. The van der Waals surface area contributed by atoms with Crippen LogP contribution in [0.4, 0.5) is 11.4 Å². The van der Waals surface area contributed by atoms with Crippen molar-refractivity contribution in [3.63, 3.8) is 0 Å². The number of anilines is 2. The normalized spacial score (nSPS) is 10.3. The van der Waals surface area contributed by atoms with Crippen LogP contribution in [0.5, 0.6) is 0 Å². The predicted octanol–water partition coefficient (Wildman–Crippen LogP) is 3.90. The molecule has 0 atom stereocenters. The van der Waals surface area contributed by atoms with Crippen molar-refractivity contribution in [3.05, 3.63) is 58.6 Å². The number of benzene rings is 2. The smallest absolute Gasteiger partial charge is 0.258 e. The Labute approximate surface area is 124 Å². The molecule has 3 nitrogen and oxygen atoms in total. The largest absolute Gasteiger partial charge is 0.399 e. The quantitative estimate of drug-likeness (QED) is 0.871. The maximum atomic E-state index is 12.7. The van der Waals surface area contributed by atoms with Crippen molar-refractivity contribution < 1.29 is 4.79 Å².